The number of hydrogen-bond acceptors (Lipinski definition) is 3. The first-order chi connectivity index (χ1) is 7.99. The fraction of sp³-hybridized carbons (Fsp3) is 0.417. The number of benzene rings is 1. The van der Waals surface area contributed by atoms with Gasteiger partial charge in [-0.3, -0.25) is 4.79 Å². The maximum absolute atomic E-state index is 11.6. The van der Waals surface area contributed by atoms with Crippen molar-refractivity contribution in [3.63, 3.8) is 0 Å². The van der Waals surface area contributed by atoms with Crippen molar-refractivity contribution < 1.29 is 9.90 Å². The Morgan fingerprint density at radius 3 is 2.88 bits per heavy atom. The van der Waals surface area contributed by atoms with Crippen LogP contribution in [-0.4, -0.2) is 29.7 Å². The van der Waals surface area contributed by atoms with Crippen LogP contribution in [0, 0.1) is 0 Å². The summed E-state index contributed by atoms with van der Waals surface area (Å²) in [5.74, 6) is -0.136. The molecule has 2 unspecified atom stereocenters. The highest BCUT2D eigenvalue weighted by molar-refractivity contribution is 6.30. The van der Waals surface area contributed by atoms with E-state index in [1.54, 1.807) is 25.1 Å². The molecule has 1 aromatic carbocycles. The van der Waals surface area contributed by atoms with E-state index in [9.17, 15) is 4.79 Å². The SMILES string of the molecule is CC(O)C(N)CNC(=O)Cc1cccc(Cl)c1. The zero-order valence-electron chi connectivity index (χ0n) is 9.69. The summed E-state index contributed by atoms with van der Waals surface area (Å²) in [6, 6.07) is 6.69. The summed E-state index contributed by atoms with van der Waals surface area (Å²) in [5, 5.41) is 12.4. The number of nitrogens with two attached hydrogens (primary N) is 1. The largest absolute Gasteiger partial charge is 0.392 e. The van der Waals surface area contributed by atoms with Crippen LogP contribution in [0.3, 0.4) is 0 Å². The van der Waals surface area contributed by atoms with E-state index in [-0.39, 0.29) is 18.9 Å². The Kier molecular flexibility index (Phi) is 5.41. The second kappa shape index (κ2) is 6.59. The number of aliphatic hydroxyl groups excluding tert-OH is 1. The highest BCUT2D eigenvalue weighted by Gasteiger charge is 2.11. The maximum atomic E-state index is 11.6. The molecule has 0 aliphatic heterocycles. The number of aliphatic hydroxyl groups is 1. The lowest BCUT2D eigenvalue weighted by molar-refractivity contribution is -0.120. The van der Waals surface area contributed by atoms with Crippen LogP contribution in [0.1, 0.15) is 12.5 Å². The molecule has 0 spiro atoms. The smallest absolute Gasteiger partial charge is 0.224 e. The van der Waals surface area contributed by atoms with Gasteiger partial charge in [0.2, 0.25) is 5.91 Å². The Morgan fingerprint density at radius 1 is 1.59 bits per heavy atom. The fourth-order valence-electron chi connectivity index (χ4n) is 1.30. The summed E-state index contributed by atoms with van der Waals surface area (Å²) in [6.07, 6.45) is -0.380. The molecule has 2 atom stereocenters. The summed E-state index contributed by atoms with van der Waals surface area (Å²) >= 11 is 5.81. The third-order valence-electron chi connectivity index (χ3n) is 2.41. The van der Waals surface area contributed by atoms with Crippen molar-refractivity contribution in [2.45, 2.75) is 25.5 Å². The molecular formula is C12H17ClN2O2. The van der Waals surface area contributed by atoms with E-state index in [1.807, 2.05) is 6.07 Å². The Hall–Kier alpha value is -1.10. The predicted molar refractivity (Wildman–Crippen MR) is 67.8 cm³/mol. The van der Waals surface area contributed by atoms with E-state index in [0.717, 1.165) is 5.56 Å². The van der Waals surface area contributed by atoms with Gasteiger partial charge in [-0.2, -0.15) is 0 Å². The first-order valence-electron chi connectivity index (χ1n) is 5.44. The van der Waals surface area contributed by atoms with Gasteiger partial charge in [0.1, 0.15) is 0 Å². The van der Waals surface area contributed by atoms with E-state index in [4.69, 9.17) is 22.4 Å². The minimum absolute atomic E-state index is 0.136. The molecule has 4 nitrogen and oxygen atoms in total. The molecule has 0 aliphatic rings. The number of halogens is 1. The zero-order chi connectivity index (χ0) is 12.8. The lowest BCUT2D eigenvalue weighted by atomic mass is 10.1. The van der Waals surface area contributed by atoms with Gasteiger partial charge in [-0.05, 0) is 24.6 Å². The summed E-state index contributed by atoms with van der Waals surface area (Å²) in [7, 11) is 0. The molecule has 4 N–H and O–H groups in total. The Bertz CT molecular complexity index is 383. The monoisotopic (exact) mass is 256 g/mol. The van der Waals surface area contributed by atoms with Crippen molar-refractivity contribution in [2.75, 3.05) is 6.54 Å². The second-order valence-electron chi connectivity index (χ2n) is 4.02. The first kappa shape index (κ1) is 14.0. The van der Waals surface area contributed by atoms with Crippen LogP contribution in [0.25, 0.3) is 0 Å². The zero-order valence-corrected chi connectivity index (χ0v) is 10.4. The number of carbonyl (C=O) groups is 1. The van der Waals surface area contributed by atoms with Gasteiger partial charge in [-0.25, -0.2) is 0 Å². The van der Waals surface area contributed by atoms with Crippen molar-refractivity contribution in [2.24, 2.45) is 5.73 Å². The normalized spacial score (nSPS) is 14.1. The number of amides is 1. The predicted octanol–water partition coefficient (Wildman–Crippen LogP) is 0.707. The Morgan fingerprint density at radius 2 is 2.29 bits per heavy atom. The van der Waals surface area contributed by atoms with Gasteiger partial charge in [0, 0.05) is 17.6 Å². The molecule has 17 heavy (non-hydrogen) atoms. The number of rotatable bonds is 5. The molecule has 94 valence electrons. The van der Waals surface area contributed by atoms with Crippen molar-refractivity contribution in [1.82, 2.24) is 5.32 Å². The van der Waals surface area contributed by atoms with Gasteiger partial charge < -0.3 is 16.2 Å². The summed E-state index contributed by atoms with van der Waals surface area (Å²) in [5.41, 5.74) is 6.44. The molecule has 0 aliphatic carbocycles. The molecule has 0 radical (unpaired) electrons. The lowest BCUT2D eigenvalue weighted by Gasteiger charge is -2.15. The van der Waals surface area contributed by atoms with Crippen LogP contribution in [-0.2, 0) is 11.2 Å². The van der Waals surface area contributed by atoms with Gasteiger partial charge in [-0.1, -0.05) is 23.7 Å². The van der Waals surface area contributed by atoms with Gasteiger partial charge in [0.05, 0.1) is 12.5 Å². The molecule has 0 aromatic heterocycles. The van der Waals surface area contributed by atoms with E-state index >= 15 is 0 Å². The van der Waals surface area contributed by atoms with Crippen LogP contribution in [0.15, 0.2) is 24.3 Å². The van der Waals surface area contributed by atoms with Crippen LogP contribution < -0.4 is 11.1 Å². The summed E-state index contributed by atoms with van der Waals surface area (Å²) in [4.78, 5) is 11.6. The number of nitrogens with one attached hydrogen (secondary N) is 1. The minimum atomic E-state index is -0.638. The molecule has 1 rings (SSSR count). The fourth-order valence-corrected chi connectivity index (χ4v) is 1.51. The topological polar surface area (TPSA) is 75.3 Å². The quantitative estimate of drug-likeness (QED) is 0.726. The molecule has 0 heterocycles. The van der Waals surface area contributed by atoms with Crippen LogP contribution >= 0.6 is 11.6 Å². The van der Waals surface area contributed by atoms with Crippen LogP contribution in [0.5, 0.6) is 0 Å². The maximum Gasteiger partial charge on any atom is 0.224 e. The van der Waals surface area contributed by atoms with Gasteiger partial charge in [-0.15, -0.1) is 0 Å². The van der Waals surface area contributed by atoms with E-state index in [1.165, 1.54) is 0 Å². The molecule has 1 amide bonds. The molecule has 5 heteroatoms. The number of carbonyl (C=O) groups excluding carboxylic acids is 1. The first-order valence-corrected chi connectivity index (χ1v) is 5.81. The Labute approximate surface area is 106 Å². The highest BCUT2D eigenvalue weighted by atomic mass is 35.5. The molecule has 0 bridgehead atoms. The molecule has 1 aromatic rings. The summed E-state index contributed by atoms with van der Waals surface area (Å²) < 4.78 is 0. The van der Waals surface area contributed by atoms with Gasteiger partial charge in [0.25, 0.3) is 0 Å². The highest BCUT2D eigenvalue weighted by Crippen LogP contribution is 2.10. The molecule has 0 fully saturated rings. The van der Waals surface area contributed by atoms with Gasteiger partial charge >= 0.3 is 0 Å². The lowest BCUT2D eigenvalue weighted by Crippen LogP contribution is -2.44. The van der Waals surface area contributed by atoms with Gasteiger partial charge in [0.15, 0.2) is 0 Å². The minimum Gasteiger partial charge on any atom is -0.392 e. The molecule has 0 saturated carbocycles. The third kappa shape index (κ3) is 5.17. The van der Waals surface area contributed by atoms with Crippen molar-refractivity contribution in [3.8, 4) is 0 Å². The average Bonchev–Trinajstić information content (AvgIpc) is 2.25. The van der Waals surface area contributed by atoms with E-state index < -0.39 is 12.1 Å². The van der Waals surface area contributed by atoms with E-state index in [0.29, 0.717) is 5.02 Å². The van der Waals surface area contributed by atoms with Crippen LogP contribution in [0.2, 0.25) is 5.02 Å². The van der Waals surface area contributed by atoms with Crippen molar-refractivity contribution in [1.29, 1.82) is 0 Å². The van der Waals surface area contributed by atoms with Crippen molar-refractivity contribution >= 4 is 17.5 Å². The summed E-state index contributed by atoms with van der Waals surface area (Å²) in [6.45, 7) is 1.85. The van der Waals surface area contributed by atoms with Crippen molar-refractivity contribution in [3.05, 3.63) is 34.9 Å². The third-order valence-corrected chi connectivity index (χ3v) is 2.64. The Balaban J connectivity index is 2.40. The standard InChI is InChI=1S/C12H17ClN2O2/c1-8(16)11(14)7-15-12(17)6-9-3-2-4-10(13)5-9/h2-5,8,11,16H,6-7,14H2,1H3,(H,15,17). The van der Waals surface area contributed by atoms with Crippen LogP contribution in [0.4, 0.5) is 0 Å². The second-order valence-corrected chi connectivity index (χ2v) is 4.45. The molecular weight excluding hydrogens is 240 g/mol. The average molecular weight is 257 g/mol. The van der Waals surface area contributed by atoms with E-state index in [2.05, 4.69) is 5.32 Å². The number of hydrogen-bond donors (Lipinski definition) is 3. The molecule has 0 saturated heterocycles.